The summed E-state index contributed by atoms with van der Waals surface area (Å²) in [4.78, 5) is 39.6. The first-order valence-corrected chi connectivity index (χ1v) is 12.8. The number of hydrogen-bond donors (Lipinski definition) is 0. The van der Waals surface area contributed by atoms with Gasteiger partial charge in [0.05, 0.1) is 21.7 Å². The number of aryl methyl sites for hydroxylation is 2. The molecule has 0 aliphatic carbocycles. The molecule has 0 unspecified atom stereocenters. The summed E-state index contributed by atoms with van der Waals surface area (Å²) in [5.74, 6) is -1.50. The molecular formula is C26H23ClN2O5S. The van der Waals surface area contributed by atoms with Crippen LogP contribution in [0.3, 0.4) is 0 Å². The molecule has 3 aromatic carbocycles. The summed E-state index contributed by atoms with van der Waals surface area (Å²) < 4.78 is 27.9. The van der Waals surface area contributed by atoms with E-state index in [1.807, 2.05) is 13.0 Å². The monoisotopic (exact) mass is 510 g/mol. The lowest BCUT2D eigenvalue weighted by atomic mass is 10.1. The van der Waals surface area contributed by atoms with E-state index in [0.717, 1.165) is 14.8 Å². The fourth-order valence-electron chi connectivity index (χ4n) is 3.98. The van der Waals surface area contributed by atoms with Gasteiger partial charge in [-0.2, -0.15) is 0 Å². The molecule has 0 N–H and O–H groups in total. The van der Waals surface area contributed by atoms with Crippen LogP contribution in [0.5, 0.6) is 0 Å². The highest BCUT2D eigenvalue weighted by Gasteiger charge is 2.36. The Morgan fingerprint density at radius 2 is 1.51 bits per heavy atom. The molecule has 3 amide bonds. The van der Waals surface area contributed by atoms with Crippen LogP contribution in [0.2, 0.25) is 5.02 Å². The average Bonchev–Trinajstić information content (AvgIpc) is 3.06. The third kappa shape index (κ3) is 4.72. The zero-order valence-corrected chi connectivity index (χ0v) is 20.8. The van der Waals surface area contributed by atoms with Gasteiger partial charge in [-0.1, -0.05) is 35.9 Å². The molecule has 7 nitrogen and oxygen atoms in total. The van der Waals surface area contributed by atoms with E-state index in [9.17, 15) is 22.8 Å². The van der Waals surface area contributed by atoms with E-state index in [2.05, 4.69) is 0 Å². The van der Waals surface area contributed by atoms with Gasteiger partial charge in [0.1, 0.15) is 0 Å². The maximum absolute atomic E-state index is 13.6. The molecule has 0 aromatic heterocycles. The van der Waals surface area contributed by atoms with Gasteiger partial charge in [0.2, 0.25) is 5.91 Å². The Bertz CT molecular complexity index is 1400. The summed E-state index contributed by atoms with van der Waals surface area (Å²) in [6.07, 6.45) is -0.0740. The van der Waals surface area contributed by atoms with E-state index < -0.39 is 27.7 Å². The van der Waals surface area contributed by atoms with Gasteiger partial charge in [0.25, 0.3) is 21.8 Å². The number of rotatable bonds is 7. The van der Waals surface area contributed by atoms with Crippen molar-refractivity contribution in [2.75, 3.05) is 10.8 Å². The Hall–Kier alpha value is -3.49. The van der Waals surface area contributed by atoms with E-state index in [-0.39, 0.29) is 30.0 Å². The van der Waals surface area contributed by atoms with Crippen LogP contribution in [0.15, 0.2) is 71.6 Å². The van der Waals surface area contributed by atoms with Crippen molar-refractivity contribution in [1.82, 2.24) is 4.90 Å². The summed E-state index contributed by atoms with van der Waals surface area (Å²) in [5, 5.41) is 0.370. The molecule has 0 saturated carbocycles. The standard InChI is InChI=1S/C26H23ClN2O5S/c1-17-9-10-18(2)23(16-17)29(35(33,34)20-13-11-19(27)12-14-20)24(30)8-5-15-28-25(31)21-6-3-4-7-22(21)26(28)32/h3-4,6-7,9-14,16H,5,8,15H2,1-2H3. The lowest BCUT2D eigenvalue weighted by Gasteiger charge is -2.25. The first-order valence-electron chi connectivity index (χ1n) is 11.0. The molecule has 0 spiro atoms. The van der Waals surface area contributed by atoms with E-state index in [1.54, 1.807) is 43.3 Å². The predicted octanol–water partition coefficient (Wildman–Crippen LogP) is 4.76. The molecule has 180 valence electrons. The number of carbonyl (C=O) groups excluding carboxylic acids is 3. The second kappa shape index (κ2) is 9.64. The number of halogens is 1. The van der Waals surface area contributed by atoms with E-state index in [1.165, 1.54) is 24.3 Å². The van der Waals surface area contributed by atoms with Crippen LogP contribution in [-0.2, 0) is 14.8 Å². The molecule has 0 bridgehead atoms. The van der Waals surface area contributed by atoms with Gasteiger partial charge in [-0.15, -0.1) is 0 Å². The molecule has 4 rings (SSSR count). The summed E-state index contributed by atoms with van der Waals surface area (Å²) in [6, 6.07) is 17.4. The largest absolute Gasteiger partial charge is 0.274 e. The highest BCUT2D eigenvalue weighted by atomic mass is 35.5. The Balaban J connectivity index is 1.59. The van der Waals surface area contributed by atoms with Crippen molar-refractivity contribution in [2.24, 2.45) is 0 Å². The number of amides is 3. The normalized spacial score (nSPS) is 13.2. The first-order chi connectivity index (χ1) is 16.6. The van der Waals surface area contributed by atoms with Crippen LogP contribution in [0.25, 0.3) is 0 Å². The number of sulfonamides is 1. The van der Waals surface area contributed by atoms with E-state index in [4.69, 9.17) is 11.6 Å². The van der Waals surface area contributed by atoms with Gasteiger partial charge in [0, 0.05) is 18.0 Å². The molecule has 9 heteroatoms. The average molecular weight is 511 g/mol. The number of carbonyl (C=O) groups is 3. The number of anilines is 1. The highest BCUT2D eigenvalue weighted by Crippen LogP contribution is 2.30. The van der Waals surface area contributed by atoms with Gasteiger partial charge < -0.3 is 0 Å². The van der Waals surface area contributed by atoms with Crippen molar-refractivity contribution in [3.05, 3.63) is 94.0 Å². The third-order valence-electron chi connectivity index (χ3n) is 5.81. The maximum atomic E-state index is 13.6. The molecule has 35 heavy (non-hydrogen) atoms. The van der Waals surface area contributed by atoms with Crippen LogP contribution in [0.4, 0.5) is 5.69 Å². The minimum atomic E-state index is -4.25. The van der Waals surface area contributed by atoms with Gasteiger partial charge in [-0.3, -0.25) is 19.3 Å². The quantitative estimate of drug-likeness (QED) is 0.427. The van der Waals surface area contributed by atoms with E-state index in [0.29, 0.717) is 21.7 Å². The fourth-order valence-corrected chi connectivity index (χ4v) is 5.61. The Labute approximate surface area is 209 Å². The fraction of sp³-hybridized carbons (Fsp3) is 0.192. The SMILES string of the molecule is Cc1ccc(C)c(N(C(=O)CCCN2C(=O)c3ccccc3C2=O)S(=O)(=O)c2ccc(Cl)cc2)c1. The topological polar surface area (TPSA) is 91.8 Å². The summed E-state index contributed by atoms with van der Waals surface area (Å²) >= 11 is 5.92. The molecule has 1 aliphatic rings. The molecule has 3 aromatic rings. The highest BCUT2D eigenvalue weighted by molar-refractivity contribution is 7.93. The maximum Gasteiger partial charge on any atom is 0.270 e. The molecule has 0 radical (unpaired) electrons. The van der Waals surface area contributed by atoms with Crippen molar-refractivity contribution < 1.29 is 22.8 Å². The molecular weight excluding hydrogens is 488 g/mol. The van der Waals surface area contributed by atoms with Crippen molar-refractivity contribution in [2.45, 2.75) is 31.6 Å². The molecule has 0 fully saturated rings. The molecule has 1 aliphatic heterocycles. The van der Waals surface area contributed by atoms with Crippen molar-refractivity contribution in [3.8, 4) is 0 Å². The number of nitrogens with zero attached hydrogens (tertiary/aromatic N) is 2. The zero-order valence-electron chi connectivity index (χ0n) is 19.2. The summed E-state index contributed by atoms with van der Waals surface area (Å²) in [5.41, 5.74) is 2.31. The number of imide groups is 1. The molecule has 0 saturated heterocycles. The van der Waals surface area contributed by atoms with Crippen molar-refractivity contribution in [3.63, 3.8) is 0 Å². The second-order valence-electron chi connectivity index (χ2n) is 8.32. The molecule has 1 heterocycles. The third-order valence-corrected chi connectivity index (χ3v) is 7.81. The van der Waals surface area contributed by atoms with Gasteiger partial charge in [-0.05, 0) is 73.9 Å². The van der Waals surface area contributed by atoms with Gasteiger partial charge in [0.15, 0.2) is 0 Å². The summed E-state index contributed by atoms with van der Waals surface area (Å²) in [7, 11) is -4.25. The Kier molecular flexibility index (Phi) is 6.78. The lowest BCUT2D eigenvalue weighted by Crippen LogP contribution is -2.38. The second-order valence-corrected chi connectivity index (χ2v) is 10.5. The van der Waals surface area contributed by atoms with Crippen LogP contribution >= 0.6 is 11.6 Å². The smallest absolute Gasteiger partial charge is 0.270 e. The van der Waals surface area contributed by atoms with Crippen LogP contribution < -0.4 is 4.31 Å². The minimum absolute atomic E-state index is 0.000279. The molecule has 0 atom stereocenters. The predicted molar refractivity (Wildman–Crippen MR) is 133 cm³/mol. The first kappa shape index (κ1) is 24.6. The Morgan fingerprint density at radius 3 is 2.11 bits per heavy atom. The zero-order chi connectivity index (χ0) is 25.3. The number of hydrogen-bond acceptors (Lipinski definition) is 5. The van der Waals surface area contributed by atoms with E-state index >= 15 is 0 Å². The summed E-state index contributed by atoms with van der Waals surface area (Å²) in [6.45, 7) is 3.54. The number of fused-ring (bicyclic) bond motifs is 1. The Morgan fingerprint density at radius 1 is 0.914 bits per heavy atom. The van der Waals surface area contributed by atoms with Crippen LogP contribution in [-0.4, -0.2) is 37.6 Å². The van der Waals surface area contributed by atoms with Crippen LogP contribution in [0.1, 0.15) is 44.7 Å². The number of benzene rings is 3. The van der Waals surface area contributed by atoms with Gasteiger partial charge >= 0.3 is 0 Å². The van der Waals surface area contributed by atoms with Crippen molar-refractivity contribution in [1.29, 1.82) is 0 Å². The lowest BCUT2D eigenvalue weighted by molar-refractivity contribution is -0.117. The van der Waals surface area contributed by atoms with Crippen LogP contribution in [0, 0.1) is 13.8 Å². The van der Waals surface area contributed by atoms with Crippen molar-refractivity contribution >= 4 is 45.0 Å². The minimum Gasteiger partial charge on any atom is -0.274 e. The van der Waals surface area contributed by atoms with Gasteiger partial charge in [-0.25, -0.2) is 12.7 Å².